The molecule has 0 heterocycles. The SMILES string of the molecule is CC/C=C\C/C=C\C/C=C\C/C=C\C/C=C\C/C=C\CCCCCCC(=O)OCC(COP(=O)(O)OCC(O)COP(=O)(O)OCC(O)COC(=O)CCCCCCCCCCCCC/C=C\C/C=C\C/C=C\C/C=C\CCCCC)OC(=O)CCCCCC/C=C\C/C=C\C/C=C\C/C=C\C/C=C\C/C=C\CC. The second kappa shape index (κ2) is 81.9. The van der Waals surface area contributed by atoms with E-state index in [4.69, 9.17) is 32.3 Å². The second-order valence-electron chi connectivity index (χ2n) is 27.2. The van der Waals surface area contributed by atoms with E-state index in [1.807, 2.05) is 0 Å². The summed E-state index contributed by atoms with van der Waals surface area (Å²) in [5.74, 6) is -1.65. The van der Waals surface area contributed by atoms with Gasteiger partial charge < -0.3 is 34.2 Å². The van der Waals surface area contributed by atoms with Crippen LogP contribution in [0.3, 0.4) is 0 Å². The van der Waals surface area contributed by atoms with Gasteiger partial charge in [-0.3, -0.25) is 32.5 Å². The summed E-state index contributed by atoms with van der Waals surface area (Å²) in [5, 5.41) is 20.7. The molecule has 5 unspecified atom stereocenters. The van der Waals surface area contributed by atoms with Crippen LogP contribution in [-0.2, 0) is 55.8 Å². The summed E-state index contributed by atoms with van der Waals surface area (Å²) in [6.07, 6.45) is 107. The number of aliphatic hydroxyl groups excluding tert-OH is 2. The molecule has 0 rings (SSSR count). The predicted octanol–water partition coefficient (Wildman–Crippen LogP) is 25.1. The third kappa shape index (κ3) is 83.2. The first kappa shape index (κ1) is 103. The molecule has 0 amide bonds. The minimum absolute atomic E-state index is 0.0597. The van der Waals surface area contributed by atoms with E-state index in [-0.39, 0.29) is 19.3 Å². The van der Waals surface area contributed by atoms with Crippen molar-refractivity contribution in [3.63, 3.8) is 0 Å². The van der Waals surface area contributed by atoms with E-state index < -0.39 is 91.5 Å². The van der Waals surface area contributed by atoms with Crippen molar-refractivity contribution < 1.29 is 75.8 Å². The zero-order valence-electron chi connectivity index (χ0n) is 67.6. The Balaban J connectivity index is 4.74. The Labute approximate surface area is 661 Å². The molecule has 4 N–H and O–H groups in total. The van der Waals surface area contributed by atoms with Crippen LogP contribution in [0.5, 0.6) is 0 Å². The Hall–Kier alpha value is -5.61. The Morgan fingerprint density at radius 2 is 0.486 bits per heavy atom. The molecule has 109 heavy (non-hydrogen) atoms. The Morgan fingerprint density at radius 3 is 0.771 bits per heavy atom. The first-order valence-electron chi connectivity index (χ1n) is 41.7. The van der Waals surface area contributed by atoms with Gasteiger partial charge in [-0.2, -0.15) is 0 Å². The molecule has 0 saturated carbocycles. The standard InChI is InChI=1S/C91H148O16P2/c1-4-7-10-13-16-19-22-25-28-31-34-37-40-41-42-43-46-48-50-53-56-59-62-65-68-71-74-77-89(94)101-80-86(92)81-103-108(97,98)104-82-87(93)83-105-109(99,100)106-85-88(107-91(96)79-76-73-70-67-64-61-58-55-52-49-45-39-36-33-30-27-24-21-18-15-12-9-6-3)84-102-90(95)78-75-72-69-66-63-60-57-54-51-47-44-38-35-32-29-26-23-20-17-14-11-8-5-2/h8-9,11-12,16-21,25-30,34-39,41-42,47,49,51-52,57-58,60-61,86-88,92-93H,4-7,10,13-15,22-24,31-33,40,43-46,48,50,53-56,59,62-85H2,1-3H3,(H,97,98)(H,99,100)/b11-8-,12-9-,19-16-,20-17-,21-18-,28-25-,29-26-,30-27-,37-34-,38-35-,39-36-,42-41-,51-47-,52-49-,60-57-,61-58-. The van der Waals surface area contributed by atoms with E-state index in [0.29, 0.717) is 19.3 Å². The molecule has 618 valence electrons. The summed E-state index contributed by atoms with van der Waals surface area (Å²) < 4.78 is 61.3. The van der Waals surface area contributed by atoms with Crippen molar-refractivity contribution in [3.8, 4) is 0 Å². The molecule has 0 bridgehead atoms. The summed E-state index contributed by atoms with van der Waals surface area (Å²) in [4.78, 5) is 58.8. The van der Waals surface area contributed by atoms with Crippen LogP contribution in [0.1, 0.15) is 303 Å². The summed E-state index contributed by atoms with van der Waals surface area (Å²) in [6.45, 7) is 2.35. The van der Waals surface area contributed by atoms with Crippen molar-refractivity contribution in [2.45, 2.75) is 322 Å². The highest BCUT2D eigenvalue weighted by atomic mass is 31.2. The molecule has 0 aliphatic rings. The van der Waals surface area contributed by atoms with Gasteiger partial charge >= 0.3 is 33.6 Å². The second-order valence-corrected chi connectivity index (χ2v) is 30.1. The zero-order chi connectivity index (χ0) is 79.4. The highest BCUT2D eigenvalue weighted by molar-refractivity contribution is 7.47. The normalized spacial score (nSPS) is 14.9. The molecule has 0 fully saturated rings. The molecule has 0 aliphatic carbocycles. The first-order chi connectivity index (χ1) is 53.2. The Bertz CT molecular complexity index is 2760. The van der Waals surface area contributed by atoms with Crippen LogP contribution in [0, 0.1) is 0 Å². The van der Waals surface area contributed by atoms with Gasteiger partial charge in [0.15, 0.2) is 6.10 Å². The lowest BCUT2D eigenvalue weighted by atomic mass is 10.0. The average Bonchev–Trinajstić information content (AvgIpc) is 0.919. The number of ether oxygens (including phenoxy) is 3. The molecule has 18 heteroatoms. The van der Waals surface area contributed by atoms with Crippen molar-refractivity contribution in [3.05, 3.63) is 194 Å². The molecule has 0 radical (unpaired) electrons. The third-order valence-corrected chi connectivity index (χ3v) is 18.7. The van der Waals surface area contributed by atoms with Crippen LogP contribution in [0.25, 0.3) is 0 Å². The van der Waals surface area contributed by atoms with Crippen molar-refractivity contribution in [1.29, 1.82) is 0 Å². The summed E-state index contributed by atoms with van der Waals surface area (Å²) in [6, 6.07) is 0. The van der Waals surface area contributed by atoms with Gasteiger partial charge in [-0.1, -0.05) is 312 Å². The molecule has 0 aromatic carbocycles. The number of phosphoric ester groups is 2. The van der Waals surface area contributed by atoms with Crippen LogP contribution < -0.4 is 0 Å². The maximum atomic E-state index is 13.0. The van der Waals surface area contributed by atoms with Gasteiger partial charge in [-0.15, -0.1) is 0 Å². The fourth-order valence-electron chi connectivity index (χ4n) is 10.5. The van der Waals surface area contributed by atoms with E-state index in [0.717, 1.165) is 173 Å². The zero-order valence-corrected chi connectivity index (χ0v) is 69.4. The smallest absolute Gasteiger partial charge is 0.463 e. The minimum Gasteiger partial charge on any atom is -0.463 e. The number of hydrogen-bond acceptors (Lipinski definition) is 14. The summed E-state index contributed by atoms with van der Waals surface area (Å²) in [5.41, 5.74) is 0. The van der Waals surface area contributed by atoms with Gasteiger partial charge in [0, 0.05) is 19.3 Å². The number of allylic oxidation sites excluding steroid dienone is 32. The summed E-state index contributed by atoms with van der Waals surface area (Å²) >= 11 is 0. The maximum Gasteiger partial charge on any atom is 0.472 e. The molecular weight excluding hydrogens is 1410 g/mol. The highest BCUT2D eigenvalue weighted by Gasteiger charge is 2.29. The number of unbranched alkanes of at least 4 members (excludes halogenated alkanes) is 22. The predicted molar refractivity (Wildman–Crippen MR) is 454 cm³/mol. The number of phosphoric acid groups is 2. The molecule has 0 aliphatic heterocycles. The molecule has 0 aromatic heterocycles. The average molecular weight is 1560 g/mol. The van der Waals surface area contributed by atoms with Crippen LogP contribution in [0.15, 0.2) is 194 Å². The van der Waals surface area contributed by atoms with E-state index in [1.165, 1.54) is 70.6 Å². The van der Waals surface area contributed by atoms with Gasteiger partial charge in [0.2, 0.25) is 0 Å². The van der Waals surface area contributed by atoms with Crippen LogP contribution in [0.4, 0.5) is 0 Å². The monoisotopic (exact) mass is 1560 g/mol. The molecular formula is C91H148O16P2. The number of carbonyl (C=O) groups is 3. The number of hydrogen-bond donors (Lipinski definition) is 4. The van der Waals surface area contributed by atoms with Crippen LogP contribution in [0.2, 0.25) is 0 Å². The first-order valence-corrected chi connectivity index (χ1v) is 44.7. The van der Waals surface area contributed by atoms with Crippen LogP contribution >= 0.6 is 15.6 Å². The Kier molecular flexibility index (Phi) is 77.7. The van der Waals surface area contributed by atoms with Crippen molar-refractivity contribution in [1.82, 2.24) is 0 Å². The lowest BCUT2D eigenvalue weighted by Gasteiger charge is -2.21. The quantitative estimate of drug-likeness (QED) is 0.0146. The molecule has 5 atom stereocenters. The molecule has 0 saturated heterocycles. The molecule has 0 aromatic rings. The maximum absolute atomic E-state index is 13.0. The largest absolute Gasteiger partial charge is 0.472 e. The topological polar surface area (TPSA) is 231 Å². The van der Waals surface area contributed by atoms with Crippen molar-refractivity contribution in [2.24, 2.45) is 0 Å². The van der Waals surface area contributed by atoms with E-state index in [2.05, 4.69) is 215 Å². The fraction of sp³-hybridized carbons (Fsp3) is 0.615. The van der Waals surface area contributed by atoms with E-state index in [9.17, 15) is 43.5 Å². The number of rotatable bonds is 77. The van der Waals surface area contributed by atoms with Gasteiger partial charge in [0.1, 0.15) is 25.4 Å². The minimum atomic E-state index is -4.96. The van der Waals surface area contributed by atoms with Gasteiger partial charge in [-0.25, -0.2) is 9.13 Å². The van der Waals surface area contributed by atoms with E-state index in [1.54, 1.807) is 0 Å². The highest BCUT2D eigenvalue weighted by Crippen LogP contribution is 2.45. The van der Waals surface area contributed by atoms with Crippen LogP contribution in [-0.4, -0.2) is 95.9 Å². The van der Waals surface area contributed by atoms with E-state index >= 15 is 0 Å². The third-order valence-electron chi connectivity index (χ3n) is 16.8. The number of esters is 3. The van der Waals surface area contributed by atoms with Gasteiger partial charge in [-0.05, 0) is 167 Å². The van der Waals surface area contributed by atoms with Crippen molar-refractivity contribution in [2.75, 3.05) is 39.6 Å². The molecule has 16 nitrogen and oxygen atoms in total. The molecule has 0 spiro atoms. The fourth-order valence-corrected chi connectivity index (χ4v) is 12.1. The lowest BCUT2D eigenvalue weighted by Crippen LogP contribution is -2.30. The van der Waals surface area contributed by atoms with Crippen molar-refractivity contribution >= 4 is 33.6 Å². The van der Waals surface area contributed by atoms with Gasteiger partial charge in [0.05, 0.1) is 26.4 Å². The number of aliphatic hydroxyl groups is 2. The Morgan fingerprint density at radius 1 is 0.266 bits per heavy atom. The van der Waals surface area contributed by atoms with Gasteiger partial charge in [0.25, 0.3) is 0 Å². The summed E-state index contributed by atoms with van der Waals surface area (Å²) in [7, 11) is -9.83. The lowest BCUT2D eigenvalue weighted by molar-refractivity contribution is -0.161. The number of carbonyl (C=O) groups excluding carboxylic acids is 3.